The van der Waals surface area contributed by atoms with Gasteiger partial charge in [0.15, 0.2) is 11.5 Å². The van der Waals surface area contributed by atoms with Crippen molar-refractivity contribution in [2.24, 2.45) is 0 Å². The Morgan fingerprint density at radius 2 is 1.71 bits per heavy atom. The SMILES string of the molecule is CCS(=O)(=O)N(CC(=O)N(Cc1c(Cl)cccc1Cl)[C@H](C)C(=O)NC)c1ccc2c(c1)OCCO2. The number of carbonyl (C=O) groups excluding carboxylic acids is 2. The molecule has 0 spiro atoms. The Morgan fingerprint density at radius 1 is 1.09 bits per heavy atom. The summed E-state index contributed by atoms with van der Waals surface area (Å²) in [5, 5.41) is 3.16. The van der Waals surface area contributed by atoms with E-state index in [0.717, 1.165) is 4.31 Å². The number of amides is 2. The third-order valence-electron chi connectivity index (χ3n) is 5.60. The van der Waals surface area contributed by atoms with Gasteiger partial charge in [0.2, 0.25) is 21.8 Å². The molecule has 2 aromatic carbocycles. The van der Waals surface area contributed by atoms with E-state index in [4.69, 9.17) is 32.7 Å². The van der Waals surface area contributed by atoms with Crippen LogP contribution in [0.1, 0.15) is 19.4 Å². The molecule has 0 saturated heterocycles. The molecule has 0 aromatic heterocycles. The lowest BCUT2D eigenvalue weighted by atomic mass is 10.1. The van der Waals surface area contributed by atoms with Crippen LogP contribution in [0.15, 0.2) is 36.4 Å². The summed E-state index contributed by atoms with van der Waals surface area (Å²) in [6, 6.07) is 8.66. The van der Waals surface area contributed by atoms with Crippen molar-refractivity contribution in [2.45, 2.75) is 26.4 Å². The molecule has 35 heavy (non-hydrogen) atoms. The Balaban J connectivity index is 1.98. The molecule has 0 unspecified atom stereocenters. The van der Waals surface area contributed by atoms with Crippen molar-refractivity contribution in [3.05, 3.63) is 52.0 Å². The van der Waals surface area contributed by atoms with Gasteiger partial charge in [0.25, 0.3) is 0 Å². The van der Waals surface area contributed by atoms with Crippen molar-refractivity contribution in [1.82, 2.24) is 10.2 Å². The molecule has 0 fully saturated rings. The molecule has 2 amide bonds. The van der Waals surface area contributed by atoms with E-state index in [0.29, 0.717) is 40.3 Å². The minimum Gasteiger partial charge on any atom is -0.486 e. The Morgan fingerprint density at radius 3 is 2.31 bits per heavy atom. The topological polar surface area (TPSA) is 105 Å². The highest BCUT2D eigenvalue weighted by Gasteiger charge is 2.32. The lowest BCUT2D eigenvalue weighted by molar-refractivity contribution is -0.139. The molecule has 3 rings (SSSR count). The van der Waals surface area contributed by atoms with Crippen LogP contribution in [0.25, 0.3) is 0 Å². The summed E-state index contributed by atoms with van der Waals surface area (Å²) < 4.78 is 38.1. The first-order valence-electron chi connectivity index (χ1n) is 10.9. The number of nitrogens with one attached hydrogen (secondary N) is 1. The first-order valence-corrected chi connectivity index (χ1v) is 13.3. The van der Waals surface area contributed by atoms with E-state index < -0.39 is 34.4 Å². The Labute approximate surface area is 214 Å². The first-order chi connectivity index (χ1) is 16.6. The summed E-state index contributed by atoms with van der Waals surface area (Å²) in [6.07, 6.45) is 0. The van der Waals surface area contributed by atoms with Crippen LogP contribution in [0.5, 0.6) is 11.5 Å². The highest BCUT2D eigenvalue weighted by Crippen LogP contribution is 2.35. The minimum atomic E-state index is -3.87. The molecule has 2 aromatic rings. The zero-order valence-corrected chi connectivity index (χ0v) is 21.9. The number of halogens is 2. The van der Waals surface area contributed by atoms with Crippen molar-refractivity contribution in [3.8, 4) is 11.5 Å². The maximum absolute atomic E-state index is 13.6. The summed E-state index contributed by atoms with van der Waals surface area (Å²) >= 11 is 12.6. The van der Waals surface area contributed by atoms with Crippen molar-refractivity contribution in [1.29, 1.82) is 0 Å². The summed E-state index contributed by atoms with van der Waals surface area (Å²) in [7, 11) is -2.42. The van der Waals surface area contributed by atoms with Gasteiger partial charge < -0.3 is 19.7 Å². The summed E-state index contributed by atoms with van der Waals surface area (Å²) in [5.74, 6) is -0.398. The average molecular weight is 544 g/mol. The van der Waals surface area contributed by atoms with Gasteiger partial charge in [-0.05, 0) is 38.1 Å². The highest BCUT2D eigenvalue weighted by atomic mass is 35.5. The van der Waals surface area contributed by atoms with E-state index in [1.54, 1.807) is 37.3 Å². The van der Waals surface area contributed by atoms with E-state index >= 15 is 0 Å². The number of benzene rings is 2. The second kappa shape index (κ2) is 11.4. The van der Waals surface area contributed by atoms with Gasteiger partial charge in [-0.2, -0.15) is 0 Å². The second-order valence-electron chi connectivity index (χ2n) is 7.75. The van der Waals surface area contributed by atoms with Gasteiger partial charge in [0, 0.05) is 35.3 Å². The van der Waals surface area contributed by atoms with Gasteiger partial charge in [-0.1, -0.05) is 29.3 Å². The number of hydrogen-bond donors (Lipinski definition) is 1. The molecule has 1 aliphatic rings. The van der Waals surface area contributed by atoms with Crippen LogP contribution in [0.4, 0.5) is 5.69 Å². The van der Waals surface area contributed by atoms with E-state index in [2.05, 4.69) is 5.32 Å². The van der Waals surface area contributed by atoms with E-state index in [1.165, 1.54) is 24.9 Å². The molecule has 190 valence electrons. The van der Waals surface area contributed by atoms with Crippen LogP contribution in [0.2, 0.25) is 10.0 Å². The molecule has 1 heterocycles. The van der Waals surface area contributed by atoms with Gasteiger partial charge in [-0.15, -0.1) is 0 Å². The maximum atomic E-state index is 13.6. The Kier molecular flexibility index (Phi) is 8.74. The van der Waals surface area contributed by atoms with Gasteiger partial charge in [-0.25, -0.2) is 8.42 Å². The minimum absolute atomic E-state index is 0.0902. The number of nitrogens with zero attached hydrogens (tertiary/aromatic N) is 2. The molecule has 1 N–H and O–H groups in total. The molecule has 1 atom stereocenters. The standard InChI is InChI=1S/C23H27Cl2N3O6S/c1-4-35(31,32)28(16-8-9-20-21(12-16)34-11-10-33-20)14-22(29)27(15(2)23(30)26-3)13-17-18(24)6-5-7-19(17)25/h5-9,12,15H,4,10-11,13-14H2,1-3H3,(H,26,30)/t15-/m1/s1. The largest absolute Gasteiger partial charge is 0.486 e. The van der Waals surface area contributed by atoms with E-state index in [-0.39, 0.29) is 18.0 Å². The predicted octanol–water partition coefficient (Wildman–Crippen LogP) is 3.08. The number of rotatable bonds is 9. The maximum Gasteiger partial charge on any atom is 0.244 e. The quantitative estimate of drug-likeness (QED) is 0.521. The summed E-state index contributed by atoms with van der Waals surface area (Å²) in [5.41, 5.74) is 0.692. The molecule has 12 heteroatoms. The normalized spacial score (nSPS) is 13.6. The van der Waals surface area contributed by atoms with Gasteiger partial charge in [-0.3, -0.25) is 13.9 Å². The fourth-order valence-corrected chi connectivity index (χ4v) is 5.12. The number of fused-ring (bicyclic) bond motifs is 1. The number of likely N-dealkylation sites (N-methyl/N-ethyl adjacent to an activating group) is 1. The Bertz CT molecular complexity index is 1190. The molecular weight excluding hydrogens is 517 g/mol. The van der Waals surface area contributed by atoms with Crippen LogP contribution in [0.3, 0.4) is 0 Å². The van der Waals surface area contributed by atoms with Crippen LogP contribution in [-0.4, -0.2) is 63.7 Å². The lowest BCUT2D eigenvalue weighted by Gasteiger charge is -2.32. The van der Waals surface area contributed by atoms with E-state index in [1.807, 2.05) is 0 Å². The number of anilines is 1. The van der Waals surface area contributed by atoms with Crippen molar-refractivity contribution >= 4 is 50.7 Å². The van der Waals surface area contributed by atoms with E-state index in [9.17, 15) is 18.0 Å². The second-order valence-corrected chi connectivity index (χ2v) is 10.7. The molecule has 0 aliphatic carbocycles. The summed E-state index contributed by atoms with van der Waals surface area (Å²) in [6.45, 7) is 3.11. The third-order valence-corrected chi connectivity index (χ3v) is 8.05. The lowest BCUT2D eigenvalue weighted by Crippen LogP contribution is -2.51. The molecular formula is C23H27Cl2N3O6S. The van der Waals surface area contributed by atoms with Gasteiger partial charge in [0.1, 0.15) is 25.8 Å². The number of sulfonamides is 1. The number of ether oxygens (including phenoxy) is 2. The molecule has 0 saturated carbocycles. The molecule has 1 aliphatic heterocycles. The van der Waals surface area contributed by atoms with Crippen LogP contribution in [-0.2, 0) is 26.2 Å². The fraction of sp³-hybridized carbons (Fsp3) is 0.391. The number of hydrogen-bond acceptors (Lipinski definition) is 6. The van der Waals surface area contributed by atoms with Gasteiger partial charge in [0.05, 0.1) is 11.4 Å². The fourth-order valence-electron chi connectivity index (χ4n) is 3.55. The smallest absolute Gasteiger partial charge is 0.244 e. The first kappa shape index (κ1) is 26.9. The Hall–Kier alpha value is -2.69. The predicted molar refractivity (Wildman–Crippen MR) is 135 cm³/mol. The molecule has 0 bridgehead atoms. The van der Waals surface area contributed by atoms with Crippen LogP contribution >= 0.6 is 23.2 Å². The zero-order valence-electron chi connectivity index (χ0n) is 19.6. The summed E-state index contributed by atoms with van der Waals surface area (Å²) in [4.78, 5) is 27.3. The monoisotopic (exact) mass is 543 g/mol. The number of carbonyl (C=O) groups is 2. The molecule has 0 radical (unpaired) electrons. The van der Waals surface area contributed by atoms with Crippen molar-refractivity contribution in [3.63, 3.8) is 0 Å². The van der Waals surface area contributed by atoms with Crippen molar-refractivity contribution in [2.75, 3.05) is 36.9 Å². The van der Waals surface area contributed by atoms with Crippen molar-refractivity contribution < 1.29 is 27.5 Å². The zero-order chi connectivity index (χ0) is 25.8. The third kappa shape index (κ3) is 6.12. The highest BCUT2D eigenvalue weighted by molar-refractivity contribution is 7.92. The van der Waals surface area contributed by atoms with Crippen LogP contribution in [0, 0.1) is 0 Å². The average Bonchev–Trinajstić information content (AvgIpc) is 2.85. The molecule has 9 nitrogen and oxygen atoms in total. The van der Waals surface area contributed by atoms with Gasteiger partial charge >= 0.3 is 0 Å². The van der Waals surface area contributed by atoms with Crippen LogP contribution < -0.4 is 19.1 Å².